The topological polar surface area (TPSA) is 124 Å². The van der Waals surface area contributed by atoms with Crippen LogP contribution in [0.3, 0.4) is 0 Å². The van der Waals surface area contributed by atoms with Crippen molar-refractivity contribution in [2.45, 2.75) is 23.1 Å². The Hall–Kier alpha value is -1.94. The molecule has 2 rings (SSSR count). The third-order valence-corrected chi connectivity index (χ3v) is 5.04. The van der Waals surface area contributed by atoms with Crippen molar-refractivity contribution in [2.75, 3.05) is 6.61 Å². The fourth-order valence-electron chi connectivity index (χ4n) is 2.24. The lowest BCUT2D eigenvalue weighted by Crippen LogP contribution is -2.15. The lowest BCUT2D eigenvalue weighted by molar-refractivity contribution is 0.318. The Bertz CT molecular complexity index is 901. The highest BCUT2D eigenvalue weighted by atomic mass is 32.2. The van der Waals surface area contributed by atoms with Gasteiger partial charge in [0.2, 0.25) is 10.0 Å². The predicted octanol–water partition coefficient (Wildman–Crippen LogP) is 2.04. The minimum Gasteiger partial charge on any atom is -0.493 e. The van der Waals surface area contributed by atoms with Gasteiger partial charge in [-0.15, -0.1) is 0 Å². The molecule has 0 aromatic heterocycles. The van der Waals surface area contributed by atoms with Gasteiger partial charge in [-0.1, -0.05) is 31.2 Å². The summed E-state index contributed by atoms with van der Waals surface area (Å²) in [4.78, 5) is -0.966. The number of sulfonamides is 1. The molecular formula is C15H17NO6S2. The molecule has 7 nitrogen and oxygen atoms in total. The molecular weight excluding hydrogens is 354 g/mol. The number of hydrogen-bond donors (Lipinski definition) is 2. The quantitative estimate of drug-likeness (QED) is 0.749. The Morgan fingerprint density at radius 1 is 1.00 bits per heavy atom. The van der Waals surface area contributed by atoms with Crippen molar-refractivity contribution < 1.29 is 26.1 Å². The maximum absolute atomic E-state index is 11.9. The minimum atomic E-state index is -4.68. The second-order valence-electron chi connectivity index (χ2n) is 4.99. The van der Waals surface area contributed by atoms with Crippen LogP contribution in [0.5, 0.6) is 5.75 Å². The highest BCUT2D eigenvalue weighted by molar-refractivity contribution is 7.89. The monoisotopic (exact) mass is 371 g/mol. The first kappa shape index (κ1) is 18.4. The van der Waals surface area contributed by atoms with Crippen LogP contribution in [0.25, 0.3) is 11.1 Å². The van der Waals surface area contributed by atoms with Gasteiger partial charge in [0.15, 0.2) is 0 Å². The molecule has 9 heteroatoms. The predicted molar refractivity (Wildman–Crippen MR) is 88.9 cm³/mol. The van der Waals surface area contributed by atoms with E-state index in [0.29, 0.717) is 18.8 Å². The van der Waals surface area contributed by atoms with Gasteiger partial charge in [0.05, 0.1) is 11.5 Å². The van der Waals surface area contributed by atoms with Gasteiger partial charge in [-0.2, -0.15) is 8.42 Å². The van der Waals surface area contributed by atoms with Crippen molar-refractivity contribution in [3.8, 4) is 16.9 Å². The Morgan fingerprint density at radius 3 is 2.21 bits per heavy atom. The molecule has 0 atom stereocenters. The maximum atomic E-state index is 11.9. The van der Waals surface area contributed by atoms with Gasteiger partial charge in [-0.25, -0.2) is 13.6 Å². The van der Waals surface area contributed by atoms with Crippen LogP contribution < -0.4 is 9.88 Å². The summed E-state index contributed by atoms with van der Waals surface area (Å²) in [5.41, 5.74) is -0.00240. The summed E-state index contributed by atoms with van der Waals surface area (Å²) < 4.78 is 62.3. The van der Waals surface area contributed by atoms with E-state index in [1.807, 2.05) is 6.92 Å². The van der Waals surface area contributed by atoms with Crippen molar-refractivity contribution in [1.29, 1.82) is 0 Å². The van der Waals surface area contributed by atoms with E-state index in [4.69, 9.17) is 9.88 Å². The fraction of sp³-hybridized carbons (Fsp3) is 0.200. The Kier molecular flexibility index (Phi) is 5.29. The summed E-state index contributed by atoms with van der Waals surface area (Å²) >= 11 is 0. The van der Waals surface area contributed by atoms with Crippen LogP contribution in [0.2, 0.25) is 0 Å². The number of primary sulfonamides is 1. The summed E-state index contributed by atoms with van der Waals surface area (Å²) in [7, 11) is -8.91. The minimum absolute atomic E-state index is 0.211. The van der Waals surface area contributed by atoms with Crippen molar-refractivity contribution in [1.82, 2.24) is 0 Å². The van der Waals surface area contributed by atoms with E-state index in [2.05, 4.69) is 0 Å². The molecule has 3 N–H and O–H groups in total. The van der Waals surface area contributed by atoms with Crippen molar-refractivity contribution in [3.05, 3.63) is 42.5 Å². The van der Waals surface area contributed by atoms with Gasteiger partial charge in [0.1, 0.15) is 10.6 Å². The Balaban J connectivity index is 2.88. The van der Waals surface area contributed by atoms with Crippen LogP contribution >= 0.6 is 0 Å². The van der Waals surface area contributed by atoms with Gasteiger partial charge in [-0.05, 0) is 24.6 Å². The lowest BCUT2D eigenvalue weighted by atomic mass is 10.0. The number of benzene rings is 2. The van der Waals surface area contributed by atoms with Gasteiger partial charge in [0, 0.05) is 11.1 Å². The molecule has 0 radical (unpaired) electrons. The zero-order valence-electron chi connectivity index (χ0n) is 12.8. The molecule has 0 bridgehead atoms. The van der Waals surface area contributed by atoms with E-state index in [-0.39, 0.29) is 11.1 Å². The molecule has 0 saturated carbocycles. The molecule has 0 saturated heterocycles. The average Bonchev–Trinajstić information content (AvgIpc) is 2.51. The summed E-state index contributed by atoms with van der Waals surface area (Å²) in [6.45, 7) is 2.25. The van der Waals surface area contributed by atoms with E-state index in [1.54, 1.807) is 18.2 Å². The highest BCUT2D eigenvalue weighted by Gasteiger charge is 2.26. The van der Waals surface area contributed by atoms with E-state index in [0.717, 1.165) is 6.07 Å². The summed E-state index contributed by atoms with van der Waals surface area (Å²) in [6.07, 6.45) is 0.705. The second-order valence-corrected chi connectivity index (χ2v) is 7.91. The van der Waals surface area contributed by atoms with Crippen LogP contribution in [-0.4, -0.2) is 28.0 Å². The average molecular weight is 371 g/mol. The van der Waals surface area contributed by atoms with Crippen molar-refractivity contribution >= 4 is 20.1 Å². The molecule has 0 spiro atoms. The standard InChI is InChI=1S/C15H17NO6S2/c1-2-10-22-12-7-4-3-6-11(12)15-13(23(16,17)18)8-5-9-14(15)24(19,20)21/h3-9H,2,10H2,1H3,(H2,16,17,18)(H,19,20,21). The van der Waals surface area contributed by atoms with E-state index in [9.17, 15) is 21.4 Å². The third-order valence-electron chi connectivity index (χ3n) is 3.19. The van der Waals surface area contributed by atoms with E-state index < -0.39 is 29.9 Å². The summed E-state index contributed by atoms with van der Waals surface area (Å²) in [6, 6.07) is 9.83. The number of para-hydroxylation sites is 1. The molecule has 0 aliphatic carbocycles. The Morgan fingerprint density at radius 2 is 1.62 bits per heavy atom. The van der Waals surface area contributed by atoms with Gasteiger partial charge < -0.3 is 4.74 Å². The smallest absolute Gasteiger partial charge is 0.295 e. The van der Waals surface area contributed by atoms with Gasteiger partial charge in [-0.3, -0.25) is 4.55 Å². The van der Waals surface area contributed by atoms with Crippen molar-refractivity contribution in [2.24, 2.45) is 5.14 Å². The molecule has 0 aliphatic rings. The summed E-state index contributed by atoms with van der Waals surface area (Å²) in [5.74, 6) is 0.292. The van der Waals surface area contributed by atoms with Crippen molar-refractivity contribution in [3.63, 3.8) is 0 Å². The van der Waals surface area contributed by atoms with Crippen LogP contribution in [0.4, 0.5) is 0 Å². The largest absolute Gasteiger partial charge is 0.493 e. The van der Waals surface area contributed by atoms with Crippen LogP contribution in [0.15, 0.2) is 52.3 Å². The third kappa shape index (κ3) is 3.93. The van der Waals surface area contributed by atoms with E-state index >= 15 is 0 Å². The fourth-order valence-corrected chi connectivity index (χ4v) is 3.81. The lowest BCUT2D eigenvalue weighted by Gasteiger charge is -2.16. The SMILES string of the molecule is CCCOc1ccccc1-c1c(S(N)(=O)=O)cccc1S(=O)(=O)O. The number of nitrogens with two attached hydrogens (primary N) is 1. The number of hydrogen-bond acceptors (Lipinski definition) is 5. The van der Waals surface area contributed by atoms with E-state index in [1.165, 1.54) is 18.2 Å². The molecule has 0 aliphatic heterocycles. The first-order valence-corrected chi connectivity index (χ1v) is 10.0. The Labute approximate surface area is 140 Å². The van der Waals surface area contributed by atoms with Gasteiger partial charge >= 0.3 is 0 Å². The molecule has 0 heterocycles. The molecule has 24 heavy (non-hydrogen) atoms. The summed E-state index contributed by atoms with van der Waals surface area (Å²) in [5, 5.41) is 5.21. The van der Waals surface area contributed by atoms with Crippen LogP contribution in [0, 0.1) is 0 Å². The zero-order valence-corrected chi connectivity index (χ0v) is 14.5. The van der Waals surface area contributed by atoms with Crippen LogP contribution in [-0.2, 0) is 20.1 Å². The molecule has 0 unspecified atom stereocenters. The molecule has 130 valence electrons. The number of ether oxygens (including phenoxy) is 1. The first-order chi connectivity index (χ1) is 11.2. The molecule has 0 fully saturated rings. The maximum Gasteiger partial charge on any atom is 0.295 e. The second kappa shape index (κ2) is 6.89. The van der Waals surface area contributed by atoms with Crippen LogP contribution in [0.1, 0.15) is 13.3 Å². The normalized spacial score (nSPS) is 12.1. The zero-order chi connectivity index (χ0) is 18.0. The number of rotatable bonds is 6. The molecule has 0 amide bonds. The van der Waals surface area contributed by atoms with Gasteiger partial charge in [0.25, 0.3) is 10.1 Å². The molecule has 2 aromatic rings. The molecule has 2 aromatic carbocycles. The first-order valence-electron chi connectivity index (χ1n) is 7.01. The highest BCUT2D eigenvalue weighted by Crippen LogP contribution is 2.38.